The van der Waals surface area contributed by atoms with Crippen LogP contribution in [0.4, 0.5) is 0 Å². The van der Waals surface area contributed by atoms with E-state index < -0.39 is 0 Å². The molecule has 3 aromatic heterocycles. The monoisotopic (exact) mass is 367 g/mol. The number of furan rings is 1. The molecule has 0 spiro atoms. The van der Waals surface area contributed by atoms with Crippen molar-refractivity contribution in [1.29, 1.82) is 0 Å². The van der Waals surface area contributed by atoms with Crippen LogP contribution in [0.15, 0.2) is 45.6 Å². The van der Waals surface area contributed by atoms with Crippen molar-refractivity contribution in [2.75, 3.05) is 0 Å². The van der Waals surface area contributed by atoms with Crippen LogP contribution in [0, 0.1) is 6.92 Å². The first kappa shape index (κ1) is 16.5. The van der Waals surface area contributed by atoms with E-state index in [1.54, 1.807) is 6.08 Å². The number of ether oxygens (including phenoxy) is 1. The van der Waals surface area contributed by atoms with Gasteiger partial charge in [-0.3, -0.25) is 4.79 Å². The largest absolute Gasteiger partial charge is 0.491 e. The summed E-state index contributed by atoms with van der Waals surface area (Å²) in [5, 5.41) is 4.35. The summed E-state index contributed by atoms with van der Waals surface area (Å²) < 4.78 is 13.0. The first-order valence-electron chi connectivity index (χ1n) is 8.24. The van der Waals surface area contributed by atoms with Crippen LogP contribution in [0.25, 0.3) is 22.4 Å². The lowest BCUT2D eigenvalue weighted by Crippen LogP contribution is -2.23. The average Bonchev–Trinajstić information content (AvgIpc) is 3.26. The molecule has 26 heavy (non-hydrogen) atoms. The summed E-state index contributed by atoms with van der Waals surface area (Å²) in [6, 6.07) is 11.2. The van der Waals surface area contributed by atoms with Crippen LogP contribution in [0.1, 0.15) is 25.4 Å². The van der Waals surface area contributed by atoms with Crippen LogP contribution in [-0.2, 0) is 0 Å². The number of nitrogens with zero attached hydrogens (tertiary/aromatic N) is 3. The van der Waals surface area contributed by atoms with Gasteiger partial charge < -0.3 is 9.15 Å². The van der Waals surface area contributed by atoms with Crippen LogP contribution in [0.2, 0.25) is 0 Å². The second kappa shape index (κ2) is 6.42. The molecule has 4 rings (SSSR count). The van der Waals surface area contributed by atoms with Crippen LogP contribution in [-0.4, -0.2) is 20.7 Å². The summed E-state index contributed by atoms with van der Waals surface area (Å²) in [4.78, 5) is 17.6. The third-order valence-corrected chi connectivity index (χ3v) is 4.66. The summed E-state index contributed by atoms with van der Waals surface area (Å²) in [6.45, 7) is 5.82. The van der Waals surface area contributed by atoms with Gasteiger partial charge in [0.25, 0.3) is 5.56 Å². The van der Waals surface area contributed by atoms with Crippen molar-refractivity contribution in [3.63, 3.8) is 0 Å². The highest BCUT2D eigenvalue weighted by Crippen LogP contribution is 2.21. The van der Waals surface area contributed by atoms with Crippen LogP contribution in [0.5, 0.6) is 5.75 Å². The molecule has 7 heteroatoms. The van der Waals surface area contributed by atoms with Gasteiger partial charge in [0.15, 0.2) is 5.82 Å². The van der Waals surface area contributed by atoms with Gasteiger partial charge in [-0.25, -0.2) is 0 Å². The number of thiazole rings is 1. The highest BCUT2D eigenvalue weighted by Gasteiger charge is 2.12. The molecule has 6 nitrogen and oxygen atoms in total. The van der Waals surface area contributed by atoms with Crippen molar-refractivity contribution >= 4 is 22.4 Å². The van der Waals surface area contributed by atoms with E-state index in [2.05, 4.69) is 10.1 Å². The second-order valence-electron chi connectivity index (χ2n) is 6.18. The van der Waals surface area contributed by atoms with Gasteiger partial charge in [-0.1, -0.05) is 11.3 Å². The standard InChI is InChI=1S/C19H17N3O3S/c1-11(2)24-14-8-5-13(6-9-14)17-20-19-22(21-17)18(23)16(26-19)10-15-7-4-12(3)25-15/h4-11H,1-3H3/b16-10+. The predicted molar refractivity (Wildman–Crippen MR) is 101 cm³/mol. The molecular formula is C19H17N3O3S. The Bertz CT molecular complexity index is 1170. The number of aromatic nitrogens is 3. The minimum Gasteiger partial charge on any atom is -0.491 e. The summed E-state index contributed by atoms with van der Waals surface area (Å²) in [6.07, 6.45) is 1.83. The molecule has 0 aliphatic heterocycles. The van der Waals surface area contributed by atoms with E-state index in [0.717, 1.165) is 17.1 Å². The number of benzene rings is 1. The number of hydrogen-bond acceptors (Lipinski definition) is 6. The van der Waals surface area contributed by atoms with Crippen molar-refractivity contribution < 1.29 is 9.15 Å². The Labute approximate surface area is 153 Å². The molecule has 0 unspecified atom stereocenters. The van der Waals surface area contributed by atoms with Crippen molar-refractivity contribution in [2.45, 2.75) is 26.9 Å². The third-order valence-electron chi connectivity index (χ3n) is 3.70. The fraction of sp³-hybridized carbons (Fsp3) is 0.211. The molecule has 0 amide bonds. The zero-order valence-corrected chi connectivity index (χ0v) is 15.4. The lowest BCUT2D eigenvalue weighted by Gasteiger charge is -2.09. The summed E-state index contributed by atoms with van der Waals surface area (Å²) in [7, 11) is 0. The predicted octanol–water partition coefficient (Wildman–Crippen LogP) is 3.05. The normalized spacial score (nSPS) is 12.4. The van der Waals surface area contributed by atoms with E-state index in [9.17, 15) is 4.79 Å². The van der Waals surface area contributed by atoms with Gasteiger partial charge >= 0.3 is 0 Å². The third kappa shape index (κ3) is 3.13. The van der Waals surface area contributed by atoms with Crippen molar-refractivity contribution in [2.24, 2.45) is 0 Å². The smallest absolute Gasteiger partial charge is 0.291 e. The molecule has 0 fully saturated rings. The minimum atomic E-state index is -0.197. The first-order chi connectivity index (χ1) is 12.5. The van der Waals surface area contributed by atoms with E-state index in [0.29, 0.717) is 21.1 Å². The van der Waals surface area contributed by atoms with Gasteiger partial charge in [0.2, 0.25) is 4.96 Å². The Kier molecular flexibility index (Phi) is 4.08. The molecule has 0 saturated carbocycles. The van der Waals surface area contributed by atoms with Gasteiger partial charge in [-0.2, -0.15) is 9.50 Å². The highest BCUT2D eigenvalue weighted by molar-refractivity contribution is 7.15. The Balaban J connectivity index is 1.69. The first-order valence-corrected chi connectivity index (χ1v) is 9.06. The molecule has 4 aromatic rings. The molecule has 0 atom stereocenters. The molecule has 3 heterocycles. The van der Waals surface area contributed by atoms with Gasteiger partial charge in [-0.05, 0) is 57.2 Å². The highest BCUT2D eigenvalue weighted by atomic mass is 32.1. The summed E-state index contributed by atoms with van der Waals surface area (Å²) >= 11 is 1.29. The zero-order valence-electron chi connectivity index (χ0n) is 14.6. The molecule has 0 N–H and O–H groups in total. The van der Waals surface area contributed by atoms with Crippen LogP contribution < -0.4 is 14.8 Å². The molecule has 0 aliphatic rings. The van der Waals surface area contributed by atoms with Crippen LogP contribution in [0.3, 0.4) is 0 Å². The average molecular weight is 367 g/mol. The van der Waals surface area contributed by atoms with Crippen molar-refractivity contribution in [1.82, 2.24) is 14.6 Å². The number of hydrogen-bond donors (Lipinski definition) is 0. The molecule has 0 bridgehead atoms. The van der Waals surface area contributed by atoms with E-state index in [1.807, 2.05) is 57.2 Å². The fourth-order valence-electron chi connectivity index (χ4n) is 2.57. The summed E-state index contributed by atoms with van der Waals surface area (Å²) in [5.41, 5.74) is 0.640. The quantitative estimate of drug-likeness (QED) is 0.554. The minimum absolute atomic E-state index is 0.118. The molecule has 0 saturated heterocycles. The fourth-order valence-corrected chi connectivity index (χ4v) is 3.46. The zero-order chi connectivity index (χ0) is 18.3. The Morgan fingerprint density at radius 2 is 1.96 bits per heavy atom. The van der Waals surface area contributed by atoms with Gasteiger partial charge in [0.05, 0.1) is 6.10 Å². The molecular weight excluding hydrogens is 350 g/mol. The number of rotatable bonds is 4. The Morgan fingerprint density at radius 3 is 2.58 bits per heavy atom. The maximum atomic E-state index is 12.5. The molecule has 132 valence electrons. The van der Waals surface area contributed by atoms with Crippen LogP contribution >= 0.6 is 11.3 Å². The SMILES string of the molecule is Cc1ccc(/C=c2/sc3nc(-c4ccc(OC(C)C)cc4)nn3c2=O)o1. The van der Waals surface area contributed by atoms with Gasteiger partial charge in [0, 0.05) is 11.6 Å². The Morgan fingerprint density at radius 1 is 1.19 bits per heavy atom. The van der Waals surface area contributed by atoms with Crippen molar-refractivity contribution in [3.8, 4) is 17.1 Å². The van der Waals surface area contributed by atoms with Gasteiger partial charge in [-0.15, -0.1) is 5.10 Å². The Hall–Kier alpha value is -2.93. The second-order valence-corrected chi connectivity index (χ2v) is 7.19. The maximum Gasteiger partial charge on any atom is 0.291 e. The maximum absolute atomic E-state index is 12.5. The number of aryl methyl sites for hydroxylation is 1. The molecule has 1 aromatic carbocycles. The summed E-state index contributed by atoms with van der Waals surface area (Å²) in [5.74, 6) is 2.75. The molecule has 0 aliphatic carbocycles. The van der Waals surface area contributed by atoms with Crippen molar-refractivity contribution in [3.05, 3.63) is 62.8 Å². The van der Waals surface area contributed by atoms with Gasteiger partial charge in [0.1, 0.15) is 21.8 Å². The topological polar surface area (TPSA) is 69.6 Å². The lowest BCUT2D eigenvalue weighted by atomic mass is 10.2. The van der Waals surface area contributed by atoms with E-state index in [1.165, 1.54) is 15.9 Å². The van der Waals surface area contributed by atoms with E-state index >= 15 is 0 Å². The lowest BCUT2D eigenvalue weighted by molar-refractivity contribution is 0.242. The number of fused-ring (bicyclic) bond motifs is 1. The molecule has 0 radical (unpaired) electrons. The van der Waals surface area contributed by atoms with E-state index in [-0.39, 0.29) is 11.7 Å². The van der Waals surface area contributed by atoms with E-state index in [4.69, 9.17) is 9.15 Å².